The first-order valence-corrected chi connectivity index (χ1v) is 25.0. The highest BCUT2D eigenvalue weighted by atomic mass is 32.1. The normalized spacial score (nSPS) is 13.6. The van der Waals surface area contributed by atoms with Crippen molar-refractivity contribution < 1.29 is 0 Å². The van der Waals surface area contributed by atoms with E-state index in [1.54, 1.807) is 0 Å². The number of rotatable bonds is 10. The molecule has 0 spiro atoms. The number of thiophene rings is 2. The molecule has 0 aliphatic heterocycles. The van der Waals surface area contributed by atoms with E-state index in [9.17, 15) is 0 Å². The fourth-order valence-corrected chi connectivity index (χ4v) is 12.0. The minimum atomic E-state index is 0.289. The first-order chi connectivity index (χ1) is 33.7. The molecule has 0 amide bonds. The minimum absolute atomic E-state index is 0.289. The molecule has 12 rings (SSSR count). The fourth-order valence-electron chi connectivity index (χ4n) is 9.85. The summed E-state index contributed by atoms with van der Waals surface area (Å²) in [5, 5.41) is 5.05. The van der Waals surface area contributed by atoms with E-state index in [0.717, 1.165) is 6.42 Å². The highest BCUT2D eigenvalue weighted by Gasteiger charge is 2.22. The van der Waals surface area contributed by atoms with Gasteiger partial charge < -0.3 is 0 Å². The Morgan fingerprint density at radius 3 is 1.59 bits per heavy atom. The van der Waals surface area contributed by atoms with Gasteiger partial charge >= 0.3 is 0 Å². The van der Waals surface area contributed by atoms with Crippen molar-refractivity contribution in [1.29, 1.82) is 0 Å². The van der Waals surface area contributed by atoms with E-state index in [-0.39, 0.29) is 5.92 Å². The molecule has 0 bridgehead atoms. The molecule has 2 aromatic heterocycles. The molecule has 11 aromatic rings. The quantitative estimate of drug-likeness (QED) is 0.0948. The lowest BCUT2D eigenvalue weighted by Gasteiger charge is -2.22. The maximum atomic E-state index is 2.54. The van der Waals surface area contributed by atoms with E-state index in [1.807, 2.05) is 22.7 Å². The second kappa shape index (κ2) is 18.4. The zero-order valence-electron chi connectivity index (χ0n) is 37.4. The zero-order valence-corrected chi connectivity index (χ0v) is 39.1. The van der Waals surface area contributed by atoms with Gasteiger partial charge in [0.05, 0.1) is 0 Å². The van der Waals surface area contributed by atoms with Gasteiger partial charge in [-0.15, -0.1) is 22.7 Å². The third kappa shape index (κ3) is 8.30. The lowest BCUT2D eigenvalue weighted by Crippen LogP contribution is -1.99. The average Bonchev–Trinajstić information content (AvgIpc) is 4.13. The van der Waals surface area contributed by atoms with Crippen LogP contribution in [0.2, 0.25) is 0 Å². The van der Waals surface area contributed by atoms with Crippen LogP contribution in [0.1, 0.15) is 33.9 Å². The van der Waals surface area contributed by atoms with Crippen molar-refractivity contribution in [2.45, 2.75) is 12.3 Å². The monoisotopic (exact) mass is 902 g/mol. The van der Waals surface area contributed by atoms with Crippen LogP contribution in [0.3, 0.4) is 0 Å². The van der Waals surface area contributed by atoms with Crippen molar-refractivity contribution in [1.82, 2.24) is 0 Å². The Bertz CT molecular complexity index is 3680. The molecule has 2 heteroatoms. The van der Waals surface area contributed by atoms with Crippen molar-refractivity contribution in [3.05, 3.63) is 270 Å². The molecule has 0 saturated heterocycles. The molecule has 1 aliphatic carbocycles. The summed E-state index contributed by atoms with van der Waals surface area (Å²) in [5.74, 6) is 0.289. The molecule has 9 aromatic carbocycles. The lowest BCUT2D eigenvalue weighted by atomic mass is 9.82. The van der Waals surface area contributed by atoms with Crippen molar-refractivity contribution in [2.75, 3.05) is 0 Å². The molecule has 322 valence electrons. The minimum Gasteiger partial charge on any atom is -0.140 e. The van der Waals surface area contributed by atoms with Crippen LogP contribution in [-0.2, 0) is 0 Å². The van der Waals surface area contributed by atoms with Crippen molar-refractivity contribution in [3.8, 4) is 64.7 Å². The predicted molar refractivity (Wildman–Crippen MR) is 296 cm³/mol. The van der Waals surface area contributed by atoms with Crippen LogP contribution < -0.4 is 0 Å². The largest absolute Gasteiger partial charge is 0.140 e. The molecular weight excluding hydrogens is 857 g/mol. The molecule has 0 fully saturated rings. The number of allylic oxidation sites excluding steroid dienone is 4. The Morgan fingerprint density at radius 1 is 0.338 bits per heavy atom. The summed E-state index contributed by atoms with van der Waals surface area (Å²) in [5.41, 5.74) is 16.0. The van der Waals surface area contributed by atoms with Gasteiger partial charge in [-0.3, -0.25) is 0 Å². The van der Waals surface area contributed by atoms with Gasteiger partial charge in [0.2, 0.25) is 0 Å². The third-order valence-corrected chi connectivity index (χ3v) is 15.7. The Kier molecular flexibility index (Phi) is 11.3. The van der Waals surface area contributed by atoms with E-state index >= 15 is 0 Å². The van der Waals surface area contributed by atoms with Crippen LogP contribution in [0.5, 0.6) is 0 Å². The molecule has 1 atom stereocenters. The molecule has 0 saturated carbocycles. The van der Waals surface area contributed by atoms with Crippen LogP contribution in [0.25, 0.3) is 104 Å². The third-order valence-electron chi connectivity index (χ3n) is 13.2. The number of hydrogen-bond acceptors (Lipinski definition) is 2. The van der Waals surface area contributed by atoms with E-state index < -0.39 is 0 Å². The molecule has 0 nitrogen and oxygen atoms in total. The molecule has 1 unspecified atom stereocenters. The smallest absolute Gasteiger partial charge is 0.0349 e. The first-order valence-electron chi connectivity index (χ1n) is 23.4. The maximum absolute atomic E-state index is 2.54. The van der Waals surface area contributed by atoms with Crippen LogP contribution >= 0.6 is 22.7 Å². The molecule has 0 radical (unpaired) electrons. The summed E-state index contributed by atoms with van der Waals surface area (Å²) in [6.45, 7) is 0. The van der Waals surface area contributed by atoms with Crippen LogP contribution in [-0.4, -0.2) is 0 Å². The zero-order chi connectivity index (χ0) is 45.2. The van der Waals surface area contributed by atoms with E-state index in [4.69, 9.17) is 0 Å². The highest BCUT2D eigenvalue weighted by molar-refractivity contribution is 7.18. The summed E-state index contributed by atoms with van der Waals surface area (Å²) in [6.07, 6.45) is 12.6. The second-order valence-electron chi connectivity index (χ2n) is 17.5. The van der Waals surface area contributed by atoms with E-state index in [1.165, 1.54) is 113 Å². The molecular formula is C66H46S2. The van der Waals surface area contributed by atoms with Crippen molar-refractivity contribution in [2.24, 2.45) is 0 Å². The fraction of sp³-hybridized carbons (Fsp3) is 0.0303. The van der Waals surface area contributed by atoms with Gasteiger partial charge in [-0.2, -0.15) is 0 Å². The molecule has 68 heavy (non-hydrogen) atoms. The summed E-state index contributed by atoms with van der Waals surface area (Å²) >= 11 is 3.77. The number of fused-ring (bicyclic) bond motifs is 2. The summed E-state index contributed by atoms with van der Waals surface area (Å²) in [4.78, 5) is 5.26. The van der Waals surface area contributed by atoms with Gasteiger partial charge in [0.25, 0.3) is 0 Å². The van der Waals surface area contributed by atoms with Gasteiger partial charge in [0, 0.05) is 25.4 Å². The Morgan fingerprint density at radius 2 is 0.853 bits per heavy atom. The predicted octanol–water partition coefficient (Wildman–Crippen LogP) is 19.4. The van der Waals surface area contributed by atoms with Crippen LogP contribution in [0.4, 0.5) is 0 Å². The lowest BCUT2D eigenvalue weighted by molar-refractivity contribution is 0.877. The van der Waals surface area contributed by atoms with Crippen LogP contribution in [0.15, 0.2) is 249 Å². The number of hydrogen-bond donors (Lipinski definition) is 0. The SMILES string of the molecule is C1=CC(c2c3ccccc3c(-c3cccc(-c4ccc(-c5ccccc5)s4)c3)c3ccc(-c4ccc(-c5cccc(C=Cc6ccccc6)c5)cc4)cc23)=CC(c2ccc(-c3ccccc3)s2)C1. The van der Waals surface area contributed by atoms with Gasteiger partial charge in [-0.25, -0.2) is 0 Å². The molecule has 2 heterocycles. The van der Waals surface area contributed by atoms with Gasteiger partial charge in [0.1, 0.15) is 0 Å². The highest BCUT2D eigenvalue weighted by Crippen LogP contribution is 2.47. The maximum Gasteiger partial charge on any atom is 0.0349 e. The summed E-state index contributed by atoms with van der Waals surface area (Å²) in [7, 11) is 0. The first kappa shape index (κ1) is 41.5. The van der Waals surface area contributed by atoms with E-state index in [0.29, 0.717) is 0 Å². The number of benzene rings is 9. The second-order valence-corrected chi connectivity index (χ2v) is 19.7. The van der Waals surface area contributed by atoms with Crippen LogP contribution in [0, 0.1) is 0 Å². The van der Waals surface area contributed by atoms with Gasteiger partial charge in [-0.1, -0.05) is 218 Å². The van der Waals surface area contributed by atoms with Gasteiger partial charge in [0.15, 0.2) is 0 Å². The van der Waals surface area contributed by atoms with Gasteiger partial charge in [-0.05, 0) is 143 Å². The van der Waals surface area contributed by atoms with E-state index in [2.05, 4.69) is 261 Å². The summed E-state index contributed by atoms with van der Waals surface area (Å²) < 4.78 is 0. The van der Waals surface area contributed by atoms with Crippen molar-refractivity contribution >= 4 is 61.9 Å². The topological polar surface area (TPSA) is 0 Å². The average molecular weight is 903 g/mol. The Labute approximate surface area is 406 Å². The Balaban J connectivity index is 0.977. The summed E-state index contributed by atoms with van der Waals surface area (Å²) in [6, 6.07) is 84.5. The standard InChI is InChI=1S/C66H46S2/c1-4-15-45(16-5-1)29-30-46-17-12-22-51(41-46)47-31-33-48(34-32-47)52-35-36-59-60(44-52)66(56-26-14-24-54(43-56)64-40-38-62(68-64)50-20-8-3-9-21-50)58-28-11-10-27-57(58)65(59)55-25-13-23-53(42-55)63-39-37-61(67-63)49-18-6-2-7-19-49/h1-23,25-44,54H,24H2. The molecule has 0 N–H and O–H groups in total. The Hall–Kier alpha value is -7.88. The molecule has 1 aliphatic rings. The van der Waals surface area contributed by atoms with Crippen molar-refractivity contribution in [3.63, 3.8) is 0 Å².